The second-order valence-electron chi connectivity index (χ2n) is 5.30. The first kappa shape index (κ1) is 14.6. The number of benzene rings is 1. The van der Waals surface area contributed by atoms with E-state index in [0.29, 0.717) is 17.1 Å². The second kappa shape index (κ2) is 5.81. The van der Waals surface area contributed by atoms with Crippen molar-refractivity contribution >= 4 is 23.2 Å². The summed E-state index contributed by atoms with van der Waals surface area (Å²) in [6, 6.07) is 9.58. The van der Waals surface area contributed by atoms with Crippen molar-refractivity contribution in [2.24, 2.45) is 0 Å². The van der Waals surface area contributed by atoms with E-state index in [-0.39, 0.29) is 5.69 Å². The van der Waals surface area contributed by atoms with Gasteiger partial charge in [-0.25, -0.2) is 9.78 Å². The summed E-state index contributed by atoms with van der Waals surface area (Å²) in [7, 11) is 0. The molecule has 0 saturated carbocycles. The summed E-state index contributed by atoms with van der Waals surface area (Å²) >= 11 is 6.07. The molecule has 4 nitrogen and oxygen atoms in total. The van der Waals surface area contributed by atoms with Gasteiger partial charge in [0.05, 0.1) is 0 Å². The number of aryl methyl sites for hydroxylation is 3. The van der Waals surface area contributed by atoms with Gasteiger partial charge in [0, 0.05) is 17.4 Å². The predicted octanol–water partition coefficient (Wildman–Crippen LogP) is 3.78. The van der Waals surface area contributed by atoms with Crippen molar-refractivity contribution in [1.82, 2.24) is 9.38 Å². The number of pyridine rings is 1. The zero-order chi connectivity index (χ0) is 15.7. The van der Waals surface area contributed by atoms with Crippen LogP contribution in [-0.4, -0.2) is 20.5 Å². The van der Waals surface area contributed by atoms with Gasteiger partial charge in [-0.3, -0.25) is 4.40 Å². The van der Waals surface area contributed by atoms with Crippen LogP contribution in [-0.2, 0) is 12.8 Å². The number of nitrogens with zero attached hydrogens (tertiary/aromatic N) is 2. The smallest absolute Gasteiger partial charge is 0.353 e. The molecule has 0 aliphatic rings. The van der Waals surface area contributed by atoms with E-state index in [4.69, 9.17) is 11.6 Å². The number of imidazole rings is 1. The van der Waals surface area contributed by atoms with Gasteiger partial charge in [-0.1, -0.05) is 23.7 Å². The summed E-state index contributed by atoms with van der Waals surface area (Å²) in [4.78, 5) is 15.7. The lowest BCUT2D eigenvalue weighted by atomic mass is 10.0. The summed E-state index contributed by atoms with van der Waals surface area (Å²) in [5.41, 5.74) is 3.90. The highest BCUT2D eigenvalue weighted by molar-refractivity contribution is 6.30. The number of hydrogen-bond donors (Lipinski definition) is 1. The van der Waals surface area contributed by atoms with Crippen LogP contribution >= 0.6 is 11.6 Å². The monoisotopic (exact) mass is 314 g/mol. The summed E-state index contributed by atoms with van der Waals surface area (Å²) in [5, 5.41) is 10.2. The maximum Gasteiger partial charge on any atom is 0.353 e. The van der Waals surface area contributed by atoms with Crippen molar-refractivity contribution in [1.29, 1.82) is 0 Å². The third-order valence-electron chi connectivity index (χ3n) is 3.64. The van der Waals surface area contributed by atoms with Crippen molar-refractivity contribution in [3.05, 3.63) is 70.1 Å². The predicted molar refractivity (Wildman–Crippen MR) is 85.7 cm³/mol. The Morgan fingerprint density at radius 3 is 2.82 bits per heavy atom. The molecule has 0 bridgehead atoms. The van der Waals surface area contributed by atoms with Crippen LogP contribution in [0.25, 0.3) is 5.65 Å². The third kappa shape index (κ3) is 2.83. The molecule has 5 heteroatoms. The normalized spacial score (nSPS) is 11.0. The van der Waals surface area contributed by atoms with Crippen LogP contribution in [0.2, 0.25) is 5.02 Å². The molecular formula is C17H15ClN2O2. The van der Waals surface area contributed by atoms with Gasteiger partial charge >= 0.3 is 5.97 Å². The van der Waals surface area contributed by atoms with Crippen molar-refractivity contribution in [3.8, 4) is 0 Å². The zero-order valence-corrected chi connectivity index (χ0v) is 12.8. The van der Waals surface area contributed by atoms with Gasteiger partial charge in [0.2, 0.25) is 0 Å². The second-order valence-corrected chi connectivity index (χ2v) is 5.74. The Bertz CT molecular complexity index is 835. The Kier molecular flexibility index (Phi) is 3.86. The van der Waals surface area contributed by atoms with Gasteiger partial charge in [0.1, 0.15) is 11.3 Å². The summed E-state index contributed by atoms with van der Waals surface area (Å²) in [6.45, 7) is 2.00. The molecule has 2 aromatic heterocycles. The Balaban J connectivity index is 1.93. The number of carboxylic acids is 1. The molecule has 112 valence electrons. The topological polar surface area (TPSA) is 54.6 Å². The van der Waals surface area contributed by atoms with Gasteiger partial charge in [-0.15, -0.1) is 0 Å². The van der Waals surface area contributed by atoms with Gasteiger partial charge in [-0.2, -0.15) is 0 Å². The molecule has 0 spiro atoms. The van der Waals surface area contributed by atoms with Crippen LogP contribution in [0.3, 0.4) is 0 Å². The van der Waals surface area contributed by atoms with Crippen molar-refractivity contribution in [2.75, 3.05) is 0 Å². The Hall–Kier alpha value is -2.33. The molecule has 1 aromatic carbocycles. The number of aromatic nitrogens is 2. The number of fused-ring (bicyclic) bond motifs is 1. The minimum atomic E-state index is -0.944. The molecule has 2 heterocycles. The van der Waals surface area contributed by atoms with Gasteiger partial charge in [-0.05, 0) is 54.7 Å². The maximum atomic E-state index is 11.6. The number of carbonyl (C=O) groups is 1. The lowest BCUT2D eigenvalue weighted by Gasteiger charge is -2.09. The standard InChI is InChI=1S/C17H15ClN2O2/c1-11-8-12(10-14(18)9-11)2-3-13-4-5-15-19-6-7-20(15)16(13)17(21)22/h4-10H,2-3H2,1H3,(H,21,22). The SMILES string of the molecule is Cc1cc(Cl)cc(CCc2ccc3nccn3c2C(=O)O)c1. The number of rotatable bonds is 4. The minimum absolute atomic E-state index is 0.272. The van der Waals surface area contributed by atoms with Crippen LogP contribution in [0.4, 0.5) is 0 Å². The first-order valence-corrected chi connectivity index (χ1v) is 7.37. The van der Waals surface area contributed by atoms with Crippen molar-refractivity contribution in [2.45, 2.75) is 19.8 Å². The van der Waals surface area contributed by atoms with Crippen LogP contribution in [0.1, 0.15) is 27.2 Å². The third-order valence-corrected chi connectivity index (χ3v) is 3.85. The maximum absolute atomic E-state index is 11.6. The lowest BCUT2D eigenvalue weighted by molar-refractivity contribution is 0.0687. The van der Waals surface area contributed by atoms with E-state index in [1.54, 1.807) is 16.8 Å². The van der Waals surface area contributed by atoms with E-state index in [1.165, 1.54) is 0 Å². The number of aromatic carboxylic acids is 1. The average molecular weight is 315 g/mol. The average Bonchev–Trinajstić information content (AvgIpc) is 2.91. The van der Waals surface area contributed by atoms with Crippen molar-refractivity contribution in [3.63, 3.8) is 0 Å². The van der Waals surface area contributed by atoms with Crippen LogP contribution < -0.4 is 0 Å². The van der Waals surface area contributed by atoms with Crippen LogP contribution in [0.15, 0.2) is 42.7 Å². The molecule has 0 atom stereocenters. The molecule has 0 fully saturated rings. The molecule has 0 unspecified atom stereocenters. The molecular weight excluding hydrogens is 300 g/mol. The molecule has 0 aliphatic heterocycles. The van der Waals surface area contributed by atoms with Gasteiger partial charge in [0.15, 0.2) is 0 Å². The van der Waals surface area contributed by atoms with E-state index < -0.39 is 5.97 Å². The number of halogens is 1. The first-order valence-electron chi connectivity index (χ1n) is 6.99. The largest absolute Gasteiger partial charge is 0.477 e. The summed E-state index contributed by atoms with van der Waals surface area (Å²) in [6.07, 6.45) is 4.65. The number of hydrogen-bond acceptors (Lipinski definition) is 2. The Labute approximate surface area is 133 Å². The van der Waals surface area contributed by atoms with Crippen LogP contribution in [0.5, 0.6) is 0 Å². The fraction of sp³-hybridized carbons (Fsp3) is 0.176. The molecule has 1 N–H and O–H groups in total. The lowest BCUT2D eigenvalue weighted by Crippen LogP contribution is -2.10. The number of carboxylic acid groups (broad SMARTS) is 1. The summed E-state index contributed by atoms with van der Waals surface area (Å²) in [5.74, 6) is -0.944. The molecule has 0 saturated heterocycles. The van der Waals surface area contributed by atoms with E-state index >= 15 is 0 Å². The first-order chi connectivity index (χ1) is 10.5. The Morgan fingerprint density at radius 2 is 2.09 bits per heavy atom. The highest BCUT2D eigenvalue weighted by Gasteiger charge is 2.14. The molecule has 3 aromatic rings. The molecule has 0 radical (unpaired) electrons. The van der Waals surface area contributed by atoms with Crippen LogP contribution in [0, 0.1) is 6.92 Å². The highest BCUT2D eigenvalue weighted by atomic mass is 35.5. The quantitative estimate of drug-likeness (QED) is 0.797. The highest BCUT2D eigenvalue weighted by Crippen LogP contribution is 2.19. The molecule has 22 heavy (non-hydrogen) atoms. The molecule has 0 aliphatic carbocycles. The van der Waals surface area contributed by atoms with Gasteiger partial charge in [0.25, 0.3) is 0 Å². The zero-order valence-electron chi connectivity index (χ0n) is 12.1. The fourth-order valence-electron chi connectivity index (χ4n) is 2.71. The van der Waals surface area contributed by atoms with Crippen molar-refractivity contribution < 1.29 is 9.90 Å². The van der Waals surface area contributed by atoms with E-state index in [1.807, 2.05) is 31.2 Å². The Morgan fingerprint density at radius 1 is 1.27 bits per heavy atom. The molecule has 3 rings (SSSR count). The van der Waals surface area contributed by atoms with Gasteiger partial charge < -0.3 is 5.11 Å². The van der Waals surface area contributed by atoms with E-state index in [2.05, 4.69) is 11.1 Å². The molecule has 0 amide bonds. The van der Waals surface area contributed by atoms with E-state index in [9.17, 15) is 9.90 Å². The van der Waals surface area contributed by atoms with E-state index in [0.717, 1.165) is 23.1 Å². The fourth-order valence-corrected chi connectivity index (χ4v) is 3.03. The minimum Gasteiger partial charge on any atom is -0.477 e. The summed E-state index contributed by atoms with van der Waals surface area (Å²) < 4.78 is 1.61.